The van der Waals surface area contributed by atoms with E-state index >= 15 is 0 Å². The predicted molar refractivity (Wildman–Crippen MR) is 85.8 cm³/mol. The van der Waals surface area contributed by atoms with E-state index in [9.17, 15) is 0 Å². The van der Waals surface area contributed by atoms with Crippen molar-refractivity contribution >= 4 is 23.2 Å². The highest BCUT2D eigenvalue weighted by Gasteiger charge is 2.20. The Morgan fingerprint density at radius 3 is 2.55 bits per heavy atom. The van der Waals surface area contributed by atoms with E-state index < -0.39 is 0 Å². The monoisotopic (exact) mass is 315 g/mol. The van der Waals surface area contributed by atoms with E-state index in [4.69, 9.17) is 33.7 Å². The Morgan fingerprint density at radius 1 is 1.20 bits per heavy atom. The van der Waals surface area contributed by atoms with Crippen LogP contribution >= 0.6 is 23.2 Å². The summed E-state index contributed by atoms with van der Waals surface area (Å²) in [5.41, 5.74) is 7.27. The normalized spacial score (nSPS) is 18.0. The van der Waals surface area contributed by atoms with Crippen molar-refractivity contribution in [3.05, 3.63) is 27.7 Å². The lowest BCUT2D eigenvalue weighted by atomic mass is 9.83. The van der Waals surface area contributed by atoms with Gasteiger partial charge in [0.05, 0.1) is 11.6 Å². The Labute approximate surface area is 131 Å². The highest BCUT2D eigenvalue weighted by atomic mass is 35.5. The summed E-state index contributed by atoms with van der Waals surface area (Å²) in [6, 6.07) is 3.60. The molecule has 1 aromatic carbocycles. The zero-order chi connectivity index (χ0) is 14.5. The summed E-state index contributed by atoms with van der Waals surface area (Å²) in [6.07, 6.45) is 7.59. The van der Waals surface area contributed by atoms with Crippen LogP contribution in [0.1, 0.15) is 57.1 Å². The molecule has 2 N–H and O–H groups in total. The fraction of sp³-hybridized carbons (Fsp3) is 0.625. The van der Waals surface area contributed by atoms with Gasteiger partial charge in [-0.1, -0.05) is 55.3 Å². The molecule has 1 saturated carbocycles. The van der Waals surface area contributed by atoms with Crippen molar-refractivity contribution < 1.29 is 4.74 Å². The lowest BCUT2D eigenvalue weighted by Gasteiger charge is -2.25. The van der Waals surface area contributed by atoms with Crippen molar-refractivity contribution in [3.8, 4) is 5.75 Å². The Balaban J connectivity index is 2.08. The molecule has 20 heavy (non-hydrogen) atoms. The summed E-state index contributed by atoms with van der Waals surface area (Å²) < 4.78 is 5.44. The van der Waals surface area contributed by atoms with Crippen LogP contribution in [0.3, 0.4) is 0 Å². The number of rotatable bonds is 5. The summed E-state index contributed by atoms with van der Waals surface area (Å²) in [5, 5.41) is 1.24. The quantitative estimate of drug-likeness (QED) is 0.793. The molecular formula is C16H23Cl2NO. The molecule has 2 rings (SSSR count). The Bertz CT molecular complexity index is 444. The molecule has 0 aromatic heterocycles. The first kappa shape index (κ1) is 15.9. The smallest absolute Gasteiger partial charge is 0.139 e. The van der Waals surface area contributed by atoms with Gasteiger partial charge in [0.2, 0.25) is 0 Å². The second-order valence-corrected chi connectivity index (χ2v) is 6.40. The zero-order valence-electron chi connectivity index (χ0n) is 12.0. The summed E-state index contributed by atoms with van der Waals surface area (Å²) in [5.74, 6) is 1.35. The third kappa shape index (κ3) is 4.03. The van der Waals surface area contributed by atoms with E-state index in [1.807, 2.05) is 13.0 Å². The molecule has 0 saturated heterocycles. The maximum absolute atomic E-state index is 6.34. The number of ether oxygens (including phenoxy) is 1. The molecule has 1 unspecified atom stereocenters. The Kier molecular flexibility index (Phi) is 6.01. The van der Waals surface area contributed by atoms with Gasteiger partial charge in [-0.05, 0) is 30.9 Å². The molecule has 1 aliphatic carbocycles. The van der Waals surface area contributed by atoms with Crippen molar-refractivity contribution in [1.82, 2.24) is 0 Å². The van der Waals surface area contributed by atoms with Gasteiger partial charge >= 0.3 is 0 Å². The van der Waals surface area contributed by atoms with E-state index in [0.717, 1.165) is 17.9 Å². The predicted octanol–water partition coefficient (Wildman–Crippen LogP) is 5.36. The molecule has 0 aliphatic heterocycles. The minimum Gasteiger partial charge on any atom is -0.492 e. The van der Waals surface area contributed by atoms with E-state index in [1.54, 1.807) is 6.07 Å². The van der Waals surface area contributed by atoms with Crippen LogP contribution in [0.25, 0.3) is 0 Å². The van der Waals surface area contributed by atoms with Gasteiger partial charge in [0, 0.05) is 17.1 Å². The maximum atomic E-state index is 6.34. The van der Waals surface area contributed by atoms with Crippen LogP contribution in [0.2, 0.25) is 10.0 Å². The molecular weight excluding hydrogens is 293 g/mol. The first-order valence-electron chi connectivity index (χ1n) is 7.49. The summed E-state index contributed by atoms with van der Waals surface area (Å²) in [4.78, 5) is 0. The summed E-state index contributed by atoms with van der Waals surface area (Å²) >= 11 is 12.6. The molecule has 1 fully saturated rings. The molecule has 0 amide bonds. The first-order valence-corrected chi connectivity index (χ1v) is 8.24. The van der Waals surface area contributed by atoms with Crippen molar-refractivity contribution in [3.63, 3.8) is 0 Å². The van der Waals surface area contributed by atoms with Crippen LogP contribution in [0.15, 0.2) is 12.1 Å². The third-order valence-electron chi connectivity index (χ3n) is 4.06. The third-order valence-corrected chi connectivity index (χ3v) is 4.69. The van der Waals surface area contributed by atoms with E-state index in [2.05, 4.69) is 0 Å². The Hall–Kier alpha value is -0.440. The van der Waals surface area contributed by atoms with Crippen molar-refractivity contribution in [2.24, 2.45) is 11.7 Å². The van der Waals surface area contributed by atoms with Gasteiger partial charge < -0.3 is 10.5 Å². The van der Waals surface area contributed by atoms with Crippen LogP contribution in [0.5, 0.6) is 5.75 Å². The minimum atomic E-state index is -0.0428. The average molecular weight is 316 g/mol. The van der Waals surface area contributed by atoms with Gasteiger partial charge in [-0.3, -0.25) is 0 Å². The number of nitrogens with two attached hydrogens (primary N) is 1. The van der Waals surface area contributed by atoms with Gasteiger partial charge in [0.15, 0.2) is 0 Å². The number of hydrogen-bond acceptors (Lipinski definition) is 2. The summed E-state index contributed by atoms with van der Waals surface area (Å²) in [7, 11) is 0. The highest BCUT2D eigenvalue weighted by Crippen LogP contribution is 2.37. The number of hydrogen-bond donors (Lipinski definition) is 1. The lowest BCUT2D eigenvalue weighted by molar-refractivity contribution is 0.319. The second kappa shape index (κ2) is 7.53. The Morgan fingerprint density at radius 2 is 1.90 bits per heavy atom. The molecule has 0 spiro atoms. The molecule has 112 valence electrons. The fourth-order valence-corrected chi connectivity index (χ4v) is 3.52. The van der Waals surface area contributed by atoms with Crippen LogP contribution in [0.4, 0.5) is 0 Å². The van der Waals surface area contributed by atoms with Gasteiger partial charge in [-0.2, -0.15) is 0 Å². The zero-order valence-corrected chi connectivity index (χ0v) is 13.5. The molecule has 0 heterocycles. The summed E-state index contributed by atoms with van der Waals surface area (Å²) in [6.45, 7) is 2.50. The number of halogens is 2. The average Bonchev–Trinajstić information content (AvgIpc) is 2.43. The molecule has 2 nitrogen and oxygen atoms in total. The first-order chi connectivity index (χ1) is 9.61. The standard InChI is InChI=1S/C16H23Cl2NO/c1-2-20-16-10-13(17)12(9-14(16)18)15(19)8-11-6-4-3-5-7-11/h9-11,15H,2-8,19H2,1H3. The molecule has 1 aromatic rings. The van der Waals surface area contributed by atoms with E-state index in [-0.39, 0.29) is 6.04 Å². The molecule has 4 heteroatoms. The van der Waals surface area contributed by atoms with Crippen molar-refractivity contribution in [1.29, 1.82) is 0 Å². The largest absolute Gasteiger partial charge is 0.492 e. The van der Waals surface area contributed by atoms with Crippen LogP contribution in [-0.4, -0.2) is 6.61 Å². The van der Waals surface area contributed by atoms with Gasteiger partial charge in [0.25, 0.3) is 0 Å². The fourth-order valence-electron chi connectivity index (χ4n) is 3.00. The van der Waals surface area contributed by atoms with Crippen molar-refractivity contribution in [2.75, 3.05) is 6.61 Å². The maximum Gasteiger partial charge on any atom is 0.139 e. The number of benzene rings is 1. The minimum absolute atomic E-state index is 0.0428. The van der Waals surface area contributed by atoms with E-state index in [0.29, 0.717) is 22.4 Å². The molecule has 1 aliphatic rings. The lowest BCUT2D eigenvalue weighted by Crippen LogP contribution is -2.18. The highest BCUT2D eigenvalue weighted by molar-refractivity contribution is 6.34. The molecule has 1 atom stereocenters. The van der Waals surface area contributed by atoms with Crippen molar-refractivity contribution in [2.45, 2.75) is 51.5 Å². The topological polar surface area (TPSA) is 35.2 Å². The van der Waals surface area contributed by atoms with Gasteiger partial charge in [-0.15, -0.1) is 0 Å². The van der Waals surface area contributed by atoms with E-state index in [1.165, 1.54) is 32.1 Å². The SMILES string of the molecule is CCOc1cc(Cl)c(C(N)CC2CCCCC2)cc1Cl. The van der Waals surface area contributed by atoms with Crippen LogP contribution < -0.4 is 10.5 Å². The van der Waals surface area contributed by atoms with Crippen LogP contribution in [-0.2, 0) is 0 Å². The molecule has 0 bridgehead atoms. The second-order valence-electron chi connectivity index (χ2n) is 5.58. The molecule has 0 radical (unpaired) electrons. The van der Waals surface area contributed by atoms with Crippen LogP contribution in [0, 0.1) is 5.92 Å². The van der Waals surface area contributed by atoms with Gasteiger partial charge in [-0.25, -0.2) is 0 Å². The van der Waals surface area contributed by atoms with Gasteiger partial charge in [0.1, 0.15) is 5.75 Å².